The molecule has 0 spiro atoms. The van der Waals surface area contributed by atoms with Gasteiger partial charge in [-0.25, -0.2) is 17.6 Å². The highest BCUT2D eigenvalue weighted by Crippen LogP contribution is 2.39. The molecule has 0 fully saturated rings. The van der Waals surface area contributed by atoms with E-state index in [-0.39, 0.29) is 33.3 Å². The van der Waals surface area contributed by atoms with Crippen LogP contribution in [0.25, 0.3) is 0 Å². The Hall–Kier alpha value is -3.63. The number of anilines is 2. The van der Waals surface area contributed by atoms with Crippen LogP contribution < -0.4 is 14.4 Å². The molecule has 0 bridgehead atoms. The Kier molecular flexibility index (Phi) is 6.68. The van der Waals surface area contributed by atoms with E-state index in [1.165, 1.54) is 56.7 Å². The molecule has 1 N–H and O–H groups in total. The summed E-state index contributed by atoms with van der Waals surface area (Å²) in [6.07, 6.45) is 0.361. The van der Waals surface area contributed by atoms with Crippen molar-refractivity contribution in [3.63, 3.8) is 0 Å². The number of hydrogen-bond donors (Lipinski definition) is 1. The summed E-state index contributed by atoms with van der Waals surface area (Å²) < 4.78 is 51.4. The van der Waals surface area contributed by atoms with Crippen LogP contribution >= 0.6 is 11.6 Å². The highest BCUT2D eigenvalue weighted by atomic mass is 35.5. The van der Waals surface area contributed by atoms with E-state index in [1.807, 2.05) is 0 Å². The summed E-state index contributed by atoms with van der Waals surface area (Å²) in [5.74, 6) is -1.49. The zero-order valence-electron chi connectivity index (χ0n) is 18.7. The number of hydrogen-bond acceptors (Lipinski definition) is 6. The van der Waals surface area contributed by atoms with Gasteiger partial charge in [0.1, 0.15) is 11.6 Å². The molecule has 182 valence electrons. The number of carbonyl (C=O) groups excluding carboxylic acids is 2. The van der Waals surface area contributed by atoms with Gasteiger partial charge in [0.15, 0.2) is 0 Å². The molecule has 0 unspecified atom stereocenters. The molecule has 3 aromatic rings. The van der Waals surface area contributed by atoms with Gasteiger partial charge in [-0.2, -0.15) is 0 Å². The van der Waals surface area contributed by atoms with Crippen molar-refractivity contribution in [2.45, 2.75) is 11.3 Å². The molecule has 0 aromatic heterocycles. The Morgan fingerprint density at radius 2 is 1.86 bits per heavy atom. The number of carbonyl (C=O) groups is 2. The first-order valence-electron chi connectivity index (χ1n) is 10.3. The fraction of sp³-hybridized carbons (Fsp3) is 0.167. The molecule has 3 aromatic carbocycles. The van der Waals surface area contributed by atoms with E-state index in [0.29, 0.717) is 23.4 Å². The largest absolute Gasteiger partial charge is 0.496 e. The summed E-state index contributed by atoms with van der Waals surface area (Å²) in [5.41, 5.74) is 1.49. The summed E-state index contributed by atoms with van der Waals surface area (Å²) >= 11 is 6.12. The third kappa shape index (κ3) is 4.67. The van der Waals surface area contributed by atoms with Crippen molar-refractivity contribution >= 4 is 44.9 Å². The Labute approximate surface area is 206 Å². The fourth-order valence-electron chi connectivity index (χ4n) is 3.83. The summed E-state index contributed by atoms with van der Waals surface area (Å²) in [4.78, 5) is 24.5. The first-order valence-corrected chi connectivity index (χ1v) is 12.2. The lowest BCUT2D eigenvalue weighted by molar-refractivity contribution is 0.0601. The van der Waals surface area contributed by atoms with E-state index in [1.54, 1.807) is 0 Å². The summed E-state index contributed by atoms with van der Waals surface area (Å²) in [7, 11) is -1.42. The van der Waals surface area contributed by atoms with Crippen LogP contribution in [-0.4, -0.2) is 41.1 Å². The molecule has 0 aliphatic carbocycles. The lowest BCUT2D eigenvalue weighted by atomic mass is 10.1. The van der Waals surface area contributed by atoms with Gasteiger partial charge in [0.25, 0.3) is 15.9 Å². The van der Waals surface area contributed by atoms with Gasteiger partial charge in [0, 0.05) is 23.4 Å². The zero-order valence-corrected chi connectivity index (χ0v) is 20.2. The molecule has 1 aliphatic heterocycles. The minimum absolute atomic E-state index is 0.0912. The smallest absolute Gasteiger partial charge is 0.339 e. The minimum Gasteiger partial charge on any atom is -0.496 e. The van der Waals surface area contributed by atoms with E-state index in [4.69, 9.17) is 16.3 Å². The third-order valence-electron chi connectivity index (χ3n) is 5.52. The Balaban J connectivity index is 1.68. The molecule has 1 heterocycles. The number of sulfonamides is 1. The first kappa shape index (κ1) is 24.5. The van der Waals surface area contributed by atoms with Crippen molar-refractivity contribution in [2.75, 3.05) is 30.4 Å². The number of methoxy groups -OCH3 is 2. The Bertz CT molecular complexity index is 1440. The summed E-state index contributed by atoms with van der Waals surface area (Å²) in [5, 5.41) is 2.76. The van der Waals surface area contributed by atoms with Crippen LogP contribution in [0.15, 0.2) is 59.5 Å². The molecule has 35 heavy (non-hydrogen) atoms. The molecular weight excluding hydrogens is 499 g/mol. The average Bonchev–Trinajstić information content (AvgIpc) is 3.28. The molecule has 1 aliphatic rings. The van der Waals surface area contributed by atoms with E-state index >= 15 is 0 Å². The SMILES string of the molecule is COC(=O)c1ccc(NC(=O)c2cc(OC)c3c(c2)N(S(=O)(=O)c2cccc(F)c2)CC3)cc1Cl. The van der Waals surface area contributed by atoms with Crippen molar-refractivity contribution < 1.29 is 31.9 Å². The van der Waals surface area contributed by atoms with Gasteiger partial charge >= 0.3 is 5.97 Å². The number of benzene rings is 3. The maximum absolute atomic E-state index is 13.7. The lowest BCUT2D eigenvalue weighted by Gasteiger charge is -2.21. The number of nitrogens with zero attached hydrogens (tertiary/aromatic N) is 1. The number of halogens is 2. The highest BCUT2D eigenvalue weighted by molar-refractivity contribution is 7.92. The second-order valence-corrected chi connectivity index (χ2v) is 9.87. The van der Waals surface area contributed by atoms with Crippen LogP contribution in [0.3, 0.4) is 0 Å². The minimum atomic E-state index is -4.08. The van der Waals surface area contributed by atoms with Crippen LogP contribution in [0.5, 0.6) is 5.75 Å². The van der Waals surface area contributed by atoms with Gasteiger partial charge in [0.2, 0.25) is 0 Å². The van der Waals surface area contributed by atoms with E-state index in [0.717, 1.165) is 16.4 Å². The van der Waals surface area contributed by atoms with Crippen LogP contribution in [0, 0.1) is 5.82 Å². The third-order valence-corrected chi connectivity index (χ3v) is 7.64. The second kappa shape index (κ2) is 9.55. The van der Waals surface area contributed by atoms with Crippen molar-refractivity contribution in [1.82, 2.24) is 0 Å². The molecule has 11 heteroatoms. The average molecular weight is 519 g/mol. The molecule has 0 saturated carbocycles. The lowest BCUT2D eigenvalue weighted by Crippen LogP contribution is -2.29. The molecular formula is C24H20ClFN2O6S. The van der Waals surface area contributed by atoms with Gasteiger partial charge in [0.05, 0.1) is 35.4 Å². The van der Waals surface area contributed by atoms with Crippen molar-refractivity contribution in [2.24, 2.45) is 0 Å². The van der Waals surface area contributed by atoms with Crippen molar-refractivity contribution in [3.8, 4) is 5.75 Å². The van der Waals surface area contributed by atoms with Crippen LogP contribution in [-0.2, 0) is 21.2 Å². The number of ether oxygens (including phenoxy) is 2. The first-order chi connectivity index (χ1) is 16.6. The zero-order chi connectivity index (χ0) is 25.3. The molecule has 4 rings (SSSR count). The Morgan fingerprint density at radius 1 is 1.09 bits per heavy atom. The fourth-order valence-corrected chi connectivity index (χ4v) is 5.61. The molecule has 0 saturated heterocycles. The van der Waals surface area contributed by atoms with Crippen molar-refractivity contribution in [3.05, 3.63) is 82.1 Å². The predicted octanol–water partition coefficient (Wildman–Crippen LogP) is 4.28. The number of nitrogens with one attached hydrogen (secondary N) is 1. The van der Waals surface area contributed by atoms with Crippen molar-refractivity contribution in [1.29, 1.82) is 0 Å². The maximum atomic E-state index is 13.7. The van der Waals surface area contributed by atoms with E-state index in [2.05, 4.69) is 10.1 Å². The molecule has 1 amide bonds. The topological polar surface area (TPSA) is 102 Å². The van der Waals surface area contributed by atoms with Gasteiger partial charge in [-0.1, -0.05) is 17.7 Å². The van der Waals surface area contributed by atoms with Gasteiger partial charge < -0.3 is 14.8 Å². The molecule has 0 radical (unpaired) electrons. The van der Waals surface area contributed by atoms with Crippen LogP contribution in [0.2, 0.25) is 5.02 Å². The predicted molar refractivity (Wildman–Crippen MR) is 128 cm³/mol. The molecule has 0 atom stereocenters. The quantitative estimate of drug-likeness (QED) is 0.489. The van der Waals surface area contributed by atoms with Crippen LogP contribution in [0.4, 0.5) is 15.8 Å². The maximum Gasteiger partial charge on any atom is 0.339 e. The summed E-state index contributed by atoms with van der Waals surface area (Å²) in [6.45, 7) is 0.111. The normalized spacial score (nSPS) is 12.7. The van der Waals surface area contributed by atoms with E-state index in [9.17, 15) is 22.4 Å². The van der Waals surface area contributed by atoms with Crippen LogP contribution in [0.1, 0.15) is 26.3 Å². The Morgan fingerprint density at radius 3 is 2.51 bits per heavy atom. The number of rotatable bonds is 6. The monoisotopic (exact) mass is 518 g/mol. The summed E-state index contributed by atoms with van der Waals surface area (Å²) in [6, 6.07) is 12.0. The number of amides is 1. The standard InChI is InChI=1S/C24H20ClFN2O6S/c1-33-22-11-14(23(29)27-16-6-7-18(20(25)13-16)24(30)34-2)10-21-19(22)8-9-28(21)35(31,32)17-5-3-4-15(26)12-17/h3-7,10-13H,8-9H2,1-2H3,(H,27,29). The second-order valence-electron chi connectivity index (χ2n) is 7.60. The molecule has 8 nitrogen and oxygen atoms in total. The highest BCUT2D eigenvalue weighted by Gasteiger charge is 2.34. The number of esters is 1. The van der Waals surface area contributed by atoms with E-state index < -0.39 is 27.7 Å². The van der Waals surface area contributed by atoms with Gasteiger partial charge in [-0.3, -0.25) is 9.10 Å². The number of fused-ring (bicyclic) bond motifs is 1. The van der Waals surface area contributed by atoms with Gasteiger partial charge in [-0.15, -0.1) is 0 Å². The van der Waals surface area contributed by atoms with Gasteiger partial charge in [-0.05, 0) is 55.0 Å².